The average Bonchev–Trinajstić information content (AvgIpc) is 3.11. The second-order valence-corrected chi connectivity index (χ2v) is 6.71. The minimum absolute atomic E-state index is 0.148. The first-order valence-electron chi connectivity index (χ1n) is 9.57. The summed E-state index contributed by atoms with van der Waals surface area (Å²) in [6.07, 6.45) is 3.75. The quantitative estimate of drug-likeness (QED) is 0.471. The highest BCUT2D eigenvalue weighted by atomic mass is 19.1. The fourth-order valence-corrected chi connectivity index (χ4v) is 2.96. The number of rotatable bonds is 7. The van der Waals surface area contributed by atoms with Gasteiger partial charge >= 0.3 is 0 Å². The third kappa shape index (κ3) is 5.88. The van der Waals surface area contributed by atoms with Crippen molar-refractivity contribution in [2.24, 2.45) is 4.99 Å². The number of nitrogens with one attached hydrogen (secondary N) is 2. The molecule has 0 aliphatic heterocycles. The van der Waals surface area contributed by atoms with Gasteiger partial charge in [-0.05, 0) is 43.2 Å². The molecule has 0 bridgehead atoms. The van der Waals surface area contributed by atoms with Crippen molar-refractivity contribution in [3.8, 4) is 0 Å². The molecule has 0 unspecified atom stereocenters. The van der Waals surface area contributed by atoms with Crippen molar-refractivity contribution < 1.29 is 8.78 Å². The molecule has 2 aromatic carbocycles. The van der Waals surface area contributed by atoms with Crippen LogP contribution in [0.15, 0.2) is 59.9 Å². The number of aliphatic imine (C=N–C) groups is 1. The summed E-state index contributed by atoms with van der Waals surface area (Å²) in [6.45, 7) is 5.96. The van der Waals surface area contributed by atoms with Gasteiger partial charge in [0.1, 0.15) is 17.5 Å². The average molecular weight is 397 g/mol. The minimum Gasteiger partial charge on any atom is -0.357 e. The monoisotopic (exact) mass is 397 g/mol. The zero-order valence-electron chi connectivity index (χ0n) is 16.6. The lowest BCUT2D eigenvalue weighted by Gasteiger charge is -2.12. The summed E-state index contributed by atoms with van der Waals surface area (Å²) in [5.41, 5.74) is 2.49. The number of aryl methyl sites for hydroxylation is 1. The van der Waals surface area contributed by atoms with Crippen LogP contribution in [0.3, 0.4) is 0 Å². The first kappa shape index (κ1) is 20.5. The molecule has 29 heavy (non-hydrogen) atoms. The van der Waals surface area contributed by atoms with Crippen LogP contribution >= 0.6 is 0 Å². The molecular weight excluding hydrogens is 372 g/mol. The van der Waals surface area contributed by atoms with Crippen LogP contribution in [0.25, 0.3) is 0 Å². The number of imidazole rings is 1. The number of benzene rings is 2. The molecule has 1 heterocycles. The molecule has 0 spiro atoms. The maximum atomic E-state index is 13.8. The van der Waals surface area contributed by atoms with Gasteiger partial charge in [0, 0.05) is 37.6 Å². The summed E-state index contributed by atoms with van der Waals surface area (Å²) in [5, 5.41) is 6.18. The van der Waals surface area contributed by atoms with Crippen LogP contribution in [0.5, 0.6) is 0 Å². The van der Waals surface area contributed by atoms with Crippen molar-refractivity contribution in [2.75, 3.05) is 6.54 Å². The van der Waals surface area contributed by atoms with Crippen molar-refractivity contribution in [2.45, 2.75) is 33.5 Å². The van der Waals surface area contributed by atoms with Gasteiger partial charge < -0.3 is 15.2 Å². The highest BCUT2D eigenvalue weighted by Gasteiger charge is 2.06. The Morgan fingerprint density at radius 1 is 1.10 bits per heavy atom. The van der Waals surface area contributed by atoms with Gasteiger partial charge in [0.2, 0.25) is 0 Å². The van der Waals surface area contributed by atoms with E-state index in [0.717, 1.165) is 30.1 Å². The highest BCUT2D eigenvalue weighted by Crippen LogP contribution is 2.11. The Morgan fingerprint density at radius 2 is 1.93 bits per heavy atom. The van der Waals surface area contributed by atoms with E-state index >= 15 is 0 Å². The first-order valence-corrected chi connectivity index (χ1v) is 9.57. The predicted molar refractivity (Wildman–Crippen MR) is 111 cm³/mol. The van der Waals surface area contributed by atoms with E-state index in [1.54, 1.807) is 6.20 Å². The van der Waals surface area contributed by atoms with Crippen LogP contribution in [0.4, 0.5) is 8.78 Å². The Morgan fingerprint density at radius 3 is 2.69 bits per heavy atom. The van der Waals surface area contributed by atoms with Gasteiger partial charge in [0.05, 0.1) is 6.54 Å². The molecule has 0 fully saturated rings. The van der Waals surface area contributed by atoms with E-state index in [1.165, 1.54) is 11.6 Å². The van der Waals surface area contributed by atoms with E-state index in [0.29, 0.717) is 19.0 Å². The van der Waals surface area contributed by atoms with E-state index in [1.807, 2.05) is 32.2 Å². The fourth-order valence-electron chi connectivity index (χ4n) is 2.96. The lowest BCUT2D eigenvalue weighted by Crippen LogP contribution is -2.37. The van der Waals surface area contributed by atoms with Crippen molar-refractivity contribution in [3.63, 3.8) is 0 Å². The maximum Gasteiger partial charge on any atom is 0.191 e. The molecule has 1 aromatic heterocycles. The summed E-state index contributed by atoms with van der Waals surface area (Å²) in [6, 6.07) is 11.6. The first-order chi connectivity index (χ1) is 14.0. The zero-order valence-corrected chi connectivity index (χ0v) is 16.6. The molecule has 3 aromatic rings. The Labute approximate surface area is 169 Å². The number of halogens is 2. The van der Waals surface area contributed by atoms with Gasteiger partial charge in [-0.2, -0.15) is 0 Å². The molecule has 3 rings (SSSR count). The number of nitrogens with zero attached hydrogens (tertiary/aromatic N) is 3. The molecule has 0 saturated heterocycles. The molecule has 2 N–H and O–H groups in total. The van der Waals surface area contributed by atoms with Crippen LogP contribution in [0.2, 0.25) is 0 Å². The summed E-state index contributed by atoms with van der Waals surface area (Å²) in [7, 11) is 0. The Hall–Kier alpha value is -3.22. The van der Waals surface area contributed by atoms with Crippen LogP contribution < -0.4 is 10.6 Å². The van der Waals surface area contributed by atoms with E-state index in [2.05, 4.69) is 37.3 Å². The molecule has 0 atom stereocenters. The normalized spacial score (nSPS) is 11.5. The highest BCUT2D eigenvalue weighted by molar-refractivity contribution is 5.79. The molecular formula is C22H25F2N5. The van der Waals surface area contributed by atoms with Crippen molar-refractivity contribution >= 4 is 5.96 Å². The third-order valence-corrected chi connectivity index (χ3v) is 4.49. The van der Waals surface area contributed by atoms with Gasteiger partial charge in [-0.25, -0.2) is 18.8 Å². The number of hydrogen-bond acceptors (Lipinski definition) is 2. The zero-order chi connectivity index (χ0) is 20.6. The molecule has 0 amide bonds. The SMILES string of the molecule is CCNC(=NCc1cccc(Cn2ccnc2C)c1)NCc1cc(F)ccc1F. The second kappa shape index (κ2) is 9.82. The Bertz CT molecular complexity index is 981. The summed E-state index contributed by atoms with van der Waals surface area (Å²) in [5.74, 6) is 0.607. The summed E-state index contributed by atoms with van der Waals surface area (Å²) >= 11 is 0. The van der Waals surface area contributed by atoms with E-state index in [9.17, 15) is 8.78 Å². The summed E-state index contributed by atoms with van der Waals surface area (Å²) < 4.78 is 29.2. The largest absolute Gasteiger partial charge is 0.357 e. The number of hydrogen-bond donors (Lipinski definition) is 2. The van der Waals surface area contributed by atoms with E-state index in [-0.39, 0.29) is 12.1 Å². The molecule has 5 nitrogen and oxygen atoms in total. The van der Waals surface area contributed by atoms with Crippen LogP contribution in [-0.2, 0) is 19.6 Å². The number of aromatic nitrogens is 2. The van der Waals surface area contributed by atoms with Crippen molar-refractivity contribution in [1.29, 1.82) is 0 Å². The van der Waals surface area contributed by atoms with Crippen LogP contribution in [-0.4, -0.2) is 22.1 Å². The van der Waals surface area contributed by atoms with Crippen LogP contribution in [0, 0.1) is 18.6 Å². The molecule has 0 saturated carbocycles. The van der Waals surface area contributed by atoms with Crippen molar-refractivity contribution in [3.05, 3.63) is 89.0 Å². The van der Waals surface area contributed by atoms with Crippen molar-refractivity contribution in [1.82, 2.24) is 20.2 Å². The van der Waals surface area contributed by atoms with Gasteiger partial charge in [-0.1, -0.05) is 24.3 Å². The van der Waals surface area contributed by atoms with Gasteiger partial charge in [-0.15, -0.1) is 0 Å². The number of guanidine groups is 1. The predicted octanol–water partition coefficient (Wildman–Crippen LogP) is 3.77. The van der Waals surface area contributed by atoms with E-state index < -0.39 is 11.6 Å². The molecule has 0 radical (unpaired) electrons. The topological polar surface area (TPSA) is 54.2 Å². The molecule has 0 aliphatic carbocycles. The minimum atomic E-state index is -0.463. The smallest absolute Gasteiger partial charge is 0.191 e. The fraction of sp³-hybridized carbons (Fsp3) is 0.273. The lowest BCUT2D eigenvalue weighted by molar-refractivity contribution is 0.581. The Balaban J connectivity index is 1.66. The maximum absolute atomic E-state index is 13.8. The standard InChI is InChI=1S/C22H25F2N5/c1-3-25-22(28-14-19-12-20(23)7-8-21(19)24)27-13-17-5-4-6-18(11-17)15-29-10-9-26-16(29)2/h4-12H,3,13-15H2,1-2H3,(H2,25,27,28). The Kier molecular flexibility index (Phi) is 6.94. The second-order valence-electron chi connectivity index (χ2n) is 6.71. The van der Waals surface area contributed by atoms with Gasteiger partial charge in [0.15, 0.2) is 5.96 Å². The third-order valence-electron chi connectivity index (χ3n) is 4.49. The van der Waals surface area contributed by atoms with Crippen LogP contribution in [0.1, 0.15) is 29.4 Å². The summed E-state index contributed by atoms with van der Waals surface area (Å²) in [4.78, 5) is 8.81. The molecule has 7 heteroatoms. The van der Waals surface area contributed by atoms with Gasteiger partial charge in [-0.3, -0.25) is 0 Å². The lowest BCUT2D eigenvalue weighted by atomic mass is 10.1. The van der Waals surface area contributed by atoms with E-state index in [4.69, 9.17) is 0 Å². The van der Waals surface area contributed by atoms with Gasteiger partial charge in [0.25, 0.3) is 0 Å². The molecule has 152 valence electrons. The molecule has 0 aliphatic rings.